The van der Waals surface area contributed by atoms with E-state index >= 15 is 0 Å². The van der Waals surface area contributed by atoms with Crippen molar-refractivity contribution < 1.29 is 14.1 Å². The average molecular weight is 330 g/mol. The van der Waals surface area contributed by atoms with Gasteiger partial charge in [-0.05, 0) is 12.1 Å². The lowest BCUT2D eigenvalue weighted by Crippen LogP contribution is -2.34. The molecule has 7 nitrogen and oxygen atoms in total. The number of hydrogen-bond donors (Lipinski definition) is 1. The van der Waals surface area contributed by atoms with Crippen LogP contribution in [0.1, 0.15) is 33.0 Å². The fourth-order valence-corrected chi connectivity index (χ4v) is 2.49. The number of ether oxygens (including phenoxy) is 1. The van der Waals surface area contributed by atoms with Crippen LogP contribution in [0, 0.1) is 0 Å². The minimum Gasteiger partial charge on any atom is -0.487 e. The molecule has 3 rings (SSSR count). The minimum atomic E-state index is -0.193. The molecule has 2 aromatic rings. The summed E-state index contributed by atoms with van der Waals surface area (Å²) in [6, 6.07) is 5.25. The lowest BCUT2D eigenvalue weighted by Gasteiger charge is -2.17. The standard InChI is InChI=1S/C17H22N4O3/c1-17(2,3)14-9-15(20-24-14)19-16(22)21-8-6-13(11-21)23-12-5-4-7-18-10-12/h4-5,7,9-10,13H,6,8,11H2,1-3H3,(H,19,20,22)/t13-/m1/s1. The van der Waals surface area contributed by atoms with Crippen LogP contribution in [-0.2, 0) is 5.41 Å². The van der Waals surface area contributed by atoms with Gasteiger partial charge in [-0.25, -0.2) is 4.79 Å². The maximum absolute atomic E-state index is 12.3. The highest BCUT2D eigenvalue weighted by atomic mass is 16.5. The molecule has 1 atom stereocenters. The third-order valence-electron chi connectivity index (χ3n) is 3.85. The number of likely N-dealkylation sites (tertiary alicyclic amines) is 1. The van der Waals surface area contributed by atoms with E-state index in [1.165, 1.54) is 0 Å². The first kappa shape index (κ1) is 16.3. The summed E-state index contributed by atoms with van der Waals surface area (Å²) in [5, 5.41) is 6.68. The molecule has 7 heteroatoms. The maximum atomic E-state index is 12.3. The second-order valence-electron chi connectivity index (χ2n) is 6.92. The molecule has 1 aliphatic rings. The van der Waals surface area contributed by atoms with Gasteiger partial charge in [0.05, 0.1) is 12.7 Å². The van der Waals surface area contributed by atoms with Crippen LogP contribution in [0.4, 0.5) is 10.6 Å². The average Bonchev–Trinajstić information content (AvgIpc) is 3.17. The van der Waals surface area contributed by atoms with Crippen molar-refractivity contribution in [2.75, 3.05) is 18.4 Å². The minimum absolute atomic E-state index is 0.0256. The molecule has 128 valence electrons. The van der Waals surface area contributed by atoms with Crippen LogP contribution in [0.25, 0.3) is 0 Å². The predicted molar refractivity (Wildman–Crippen MR) is 89.1 cm³/mol. The first-order valence-electron chi connectivity index (χ1n) is 8.01. The Morgan fingerprint density at radius 3 is 2.96 bits per heavy atom. The summed E-state index contributed by atoms with van der Waals surface area (Å²) in [7, 11) is 0. The molecule has 0 radical (unpaired) electrons. The molecule has 0 bridgehead atoms. The van der Waals surface area contributed by atoms with Gasteiger partial charge in [-0.3, -0.25) is 10.3 Å². The molecule has 24 heavy (non-hydrogen) atoms. The Balaban J connectivity index is 1.54. The van der Waals surface area contributed by atoms with Gasteiger partial charge in [0.25, 0.3) is 0 Å². The smallest absolute Gasteiger partial charge is 0.323 e. The zero-order chi connectivity index (χ0) is 17.2. The summed E-state index contributed by atoms with van der Waals surface area (Å²) < 4.78 is 11.1. The summed E-state index contributed by atoms with van der Waals surface area (Å²) in [5.41, 5.74) is -0.147. The van der Waals surface area contributed by atoms with E-state index in [0.717, 1.165) is 17.9 Å². The summed E-state index contributed by atoms with van der Waals surface area (Å²) in [4.78, 5) is 18.1. The Morgan fingerprint density at radius 1 is 1.46 bits per heavy atom. The summed E-state index contributed by atoms with van der Waals surface area (Å²) in [5.74, 6) is 1.88. The van der Waals surface area contributed by atoms with E-state index in [0.29, 0.717) is 18.9 Å². The number of rotatable bonds is 3. The SMILES string of the molecule is CC(C)(C)c1cc(NC(=O)N2CC[C@@H](Oc3cccnc3)C2)no1. The van der Waals surface area contributed by atoms with E-state index in [2.05, 4.69) is 15.5 Å². The first-order valence-corrected chi connectivity index (χ1v) is 8.01. The predicted octanol–water partition coefficient (Wildman–Crippen LogP) is 3.05. The zero-order valence-corrected chi connectivity index (χ0v) is 14.2. The number of carbonyl (C=O) groups excluding carboxylic acids is 1. The van der Waals surface area contributed by atoms with E-state index in [1.807, 2.05) is 32.9 Å². The van der Waals surface area contributed by atoms with Gasteiger partial charge in [-0.2, -0.15) is 0 Å². The third kappa shape index (κ3) is 3.84. The van der Waals surface area contributed by atoms with E-state index in [9.17, 15) is 4.79 Å². The molecule has 2 amide bonds. The van der Waals surface area contributed by atoms with E-state index in [1.54, 1.807) is 23.4 Å². The molecule has 1 fully saturated rings. The Morgan fingerprint density at radius 2 is 2.29 bits per heavy atom. The number of urea groups is 1. The van der Waals surface area contributed by atoms with E-state index in [4.69, 9.17) is 9.26 Å². The highest BCUT2D eigenvalue weighted by molar-refractivity contribution is 5.88. The number of anilines is 1. The number of aromatic nitrogens is 2. The number of pyridine rings is 1. The number of carbonyl (C=O) groups is 1. The van der Waals surface area contributed by atoms with Crippen molar-refractivity contribution in [2.45, 2.75) is 38.7 Å². The van der Waals surface area contributed by atoms with Gasteiger partial charge in [0, 0.05) is 30.6 Å². The lowest BCUT2D eigenvalue weighted by molar-refractivity contribution is 0.194. The van der Waals surface area contributed by atoms with Gasteiger partial charge < -0.3 is 14.2 Å². The van der Waals surface area contributed by atoms with Crippen LogP contribution in [0.2, 0.25) is 0 Å². The molecule has 0 saturated carbocycles. The van der Waals surface area contributed by atoms with Crippen LogP contribution < -0.4 is 10.1 Å². The third-order valence-corrected chi connectivity index (χ3v) is 3.85. The largest absolute Gasteiger partial charge is 0.487 e. The summed E-state index contributed by atoms with van der Waals surface area (Å²) in [6.07, 6.45) is 4.13. The molecule has 3 heterocycles. The van der Waals surface area contributed by atoms with Crippen LogP contribution in [-0.4, -0.2) is 40.3 Å². The molecule has 0 spiro atoms. The van der Waals surface area contributed by atoms with Gasteiger partial charge in [0.15, 0.2) is 5.82 Å². The molecule has 1 saturated heterocycles. The highest BCUT2D eigenvalue weighted by Crippen LogP contribution is 2.25. The Kier molecular flexibility index (Phi) is 4.42. The molecule has 2 aromatic heterocycles. The van der Waals surface area contributed by atoms with Crippen molar-refractivity contribution in [2.24, 2.45) is 0 Å². The Labute approximate surface area is 141 Å². The van der Waals surface area contributed by atoms with Crippen molar-refractivity contribution in [3.8, 4) is 5.75 Å². The Bertz CT molecular complexity index is 693. The van der Waals surface area contributed by atoms with Crippen molar-refractivity contribution in [1.29, 1.82) is 0 Å². The van der Waals surface area contributed by atoms with Crippen LogP contribution in [0.3, 0.4) is 0 Å². The molecule has 0 unspecified atom stereocenters. The quantitative estimate of drug-likeness (QED) is 0.935. The second-order valence-corrected chi connectivity index (χ2v) is 6.92. The fourth-order valence-electron chi connectivity index (χ4n) is 2.49. The molecular weight excluding hydrogens is 308 g/mol. The van der Waals surface area contributed by atoms with Gasteiger partial charge in [-0.1, -0.05) is 25.9 Å². The van der Waals surface area contributed by atoms with Crippen LogP contribution in [0.15, 0.2) is 35.1 Å². The number of nitrogens with zero attached hydrogens (tertiary/aromatic N) is 3. The topological polar surface area (TPSA) is 80.5 Å². The molecule has 1 aliphatic heterocycles. The Hall–Kier alpha value is -2.57. The van der Waals surface area contributed by atoms with E-state index < -0.39 is 0 Å². The maximum Gasteiger partial charge on any atom is 0.323 e. The van der Waals surface area contributed by atoms with Gasteiger partial charge in [0.2, 0.25) is 0 Å². The monoisotopic (exact) mass is 330 g/mol. The van der Waals surface area contributed by atoms with E-state index in [-0.39, 0.29) is 17.6 Å². The number of hydrogen-bond acceptors (Lipinski definition) is 5. The van der Waals surface area contributed by atoms with Crippen molar-refractivity contribution in [1.82, 2.24) is 15.0 Å². The number of amides is 2. The fraction of sp³-hybridized carbons (Fsp3) is 0.471. The second kappa shape index (κ2) is 6.51. The van der Waals surface area contributed by atoms with Crippen molar-refractivity contribution in [3.63, 3.8) is 0 Å². The van der Waals surface area contributed by atoms with Crippen molar-refractivity contribution in [3.05, 3.63) is 36.4 Å². The zero-order valence-electron chi connectivity index (χ0n) is 14.2. The van der Waals surface area contributed by atoms with Crippen LogP contribution >= 0.6 is 0 Å². The molecular formula is C17H22N4O3. The first-order chi connectivity index (χ1) is 11.4. The highest BCUT2D eigenvalue weighted by Gasteiger charge is 2.28. The molecule has 0 aliphatic carbocycles. The lowest BCUT2D eigenvalue weighted by atomic mass is 9.93. The number of nitrogens with one attached hydrogen (secondary N) is 1. The summed E-state index contributed by atoms with van der Waals surface area (Å²) >= 11 is 0. The van der Waals surface area contributed by atoms with Crippen molar-refractivity contribution >= 4 is 11.8 Å². The summed E-state index contributed by atoms with van der Waals surface area (Å²) in [6.45, 7) is 7.26. The molecule has 1 N–H and O–H groups in total. The van der Waals surface area contributed by atoms with Gasteiger partial charge >= 0.3 is 6.03 Å². The van der Waals surface area contributed by atoms with Gasteiger partial charge in [-0.15, -0.1) is 0 Å². The normalized spacial score (nSPS) is 17.8. The van der Waals surface area contributed by atoms with Gasteiger partial charge in [0.1, 0.15) is 17.6 Å². The van der Waals surface area contributed by atoms with Crippen LogP contribution in [0.5, 0.6) is 5.75 Å². The molecule has 0 aromatic carbocycles.